The van der Waals surface area contributed by atoms with Gasteiger partial charge in [-0.1, -0.05) is 30.2 Å². The molecule has 11 heteroatoms. The fraction of sp³-hybridized carbons (Fsp3) is 0.143. The van der Waals surface area contributed by atoms with Gasteiger partial charge >= 0.3 is 0 Å². The highest BCUT2D eigenvalue weighted by molar-refractivity contribution is 7.10. The number of amides is 1. The quantitative estimate of drug-likeness (QED) is 0.220. The molecule has 0 aliphatic heterocycles. The van der Waals surface area contributed by atoms with Crippen LogP contribution in [0.15, 0.2) is 95.5 Å². The number of nitrogens with one attached hydrogen (secondary N) is 1. The first-order chi connectivity index (χ1) is 22.3. The van der Waals surface area contributed by atoms with Crippen molar-refractivity contribution in [2.45, 2.75) is 32.9 Å². The first kappa shape index (κ1) is 30.2. The van der Waals surface area contributed by atoms with Crippen molar-refractivity contribution < 1.29 is 9.53 Å². The van der Waals surface area contributed by atoms with Crippen LogP contribution in [0.5, 0.6) is 5.75 Å². The minimum absolute atomic E-state index is 0.0238. The average Bonchev–Trinajstić information content (AvgIpc) is 3.58. The summed E-state index contributed by atoms with van der Waals surface area (Å²) in [4.78, 5) is 46.3. The summed E-state index contributed by atoms with van der Waals surface area (Å²) in [5, 5.41) is 3.30. The lowest BCUT2D eigenvalue weighted by Gasteiger charge is -2.20. The summed E-state index contributed by atoms with van der Waals surface area (Å²) in [5.74, 6) is 6.65. The molecule has 0 aliphatic rings. The Morgan fingerprint density at radius 2 is 1.74 bits per heavy atom. The molecule has 0 fully saturated rings. The number of thiazole rings is 1. The number of carbonyl (C=O) groups excluding carboxylic acids is 1. The van der Waals surface area contributed by atoms with E-state index in [1.165, 1.54) is 22.1 Å². The number of aromatic nitrogens is 5. The van der Waals surface area contributed by atoms with E-state index >= 15 is 0 Å². The molecule has 3 heterocycles. The second-order valence-electron chi connectivity index (χ2n) is 10.6. The number of nitrogens with zero attached hydrogens (tertiary/aromatic N) is 5. The molecule has 0 saturated heterocycles. The number of carbonyl (C=O) groups is 1. The lowest BCUT2D eigenvalue weighted by atomic mass is 10.1. The molecule has 3 aromatic carbocycles. The van der Waals surface area contributed by atoms with Gasteiger partial charge in [0.05, 0.1) is 57.2 Å². The van der Waals surface area contributed by atoms with Gasteiger partial charge in [0.2, 0.25) is 0 Å². The van der Waals surface area contributed by atoms with E-state index in [4.69, 9.17) is 15.5 Å². The Bertz CT molecular complexity index is 2150. The van der Waals surface area contributed by atoms with Crippen molar-refractivity contribution >= 4 is 34.0 Å². The molecule has 0 bridgehead atoms. The van der Waals surface area contributed by atoms with Crippen molar-refractivity contribution in [3.8, 4) is 34.5 Å². The van der Waals surface area contributed by atoms with Crippen molar-refractivity contribution in [3.63, 3.8) is 0 Å². The third kappa shape index (κ3) is 6.33. The first-order valence-corrected chi connectivity index (χ1v) is 15.4. The monoisotopic (exact) mass is 627 g/mol. The fourth-order valence-corrected chi connectivity index (χ4v) is 5.35. The third-order valence-electron chi connectivity index (χ3n) is 6.96. The molecule has 0 saturated carbocycles. The predicted octanol–water partition coefficient (Wildman–Crippen LogP) is 5.56. The highest BCUT2D eigenvalue weighted by atomic mass is 32.1. The van der Waals surface area contributed by atoms with Crippen LogP contribution in [0.3, 0.4) is 0 Å². The normalized spacial score (nSPS) is 11.6. The minimum atomic E-state index is -0.728. The van der Waals surface area contributed by atoms with Gasteiger partial charge in [-0.3, -0.25) is 19.1 Å². The maximum Gasteiger partial charge on any atom is 0.274 e. The van der Waals surface area contributed by atoms with Crippen LogP contribution in [-0.4, -0.2) is 36.5 Å². The number of hydrogen-bond donors (Lipinski definition) is 2. The Hall–Kier alpha value is -5.86. The molecule has 3 N–H and O–H groups in total. The van der Waals surface area contributed by atoms with Crippen LogP contribution in [0.2, 0.25) is 0 Å². The molecular formula is C35H29N7O3S. The van der Waals surface area contributed by atoms with E-state index in [2.05, 4.69) is 32.1 Å². The lowest BCUT2D eigenvalue weighted by Crippen LogP contribution is -2.34. The number of benzene rings is 3. The summed E-state index contributed by atoms with van der Waals surface area (Å²) < 4.78 is 7.22. The van der Waals surface area contributed by atoms with Gasteiger partial charge in [0.25, 0.3) is 11.5 Å². The van der Waals surface area contributed by atoms with Crippen LogP contribution >= 0.6 is 11.3 Å². The standard InChI is InChI=1S/C35H29N7O3S/c1-21(2)45-26-15-12-23(13-16-26)29-19-38-32(36)31(40-29)34(43)39-22(3)33-41-28-11-7-8-24(14-17-27-18-37-20-46-27)30(28)35(44)42(33)25-9-5-4-6-10-25/h4-13,15-16,18-22H,1-3H3,(H2,36,38)(H,39,43)/t22-/m0/s1. The maximum atomic E-state index is 14.2. The first-order valence-electron chi connectivity index (χ1n) is 14.5. The van der Waals surface area contributed by atoms with Gasteiger partial charge in [0.15, 0.2) is 11.5 Å². The van der Waals surface area contributed by atoms with Crippen LogP contribution < -0.4 is 21.3 Å². The zero-order chi connectivity index (χ0) is 32.2. The Balaban J connectivity index is 1.37. The van der Waals surface area contributed by atoms with Gasteiger partial charge in [-0.2, -0.15) is 0 Å². The molecule has 0 unspecified atom stereocenters. The average molecular weight is 628 g/mol. The number of nitrogen functional groups attached to an aromatic ring is 1. The number of ether oxygens (including phenoxy) is 1. The molecule has 0 aliphatic carbocycles. The second kappa shape index (κ2) is 13.0. The Labute approximate surface area is 269 Å². The van der Waals surface area contributed by atoms with E-state index in [9.17, 15) is 9.59 Å². The van der Waals surface area contributed by atoms with Crippen LogP contribution in [0, 0.1) is 11.8 Å². The summed E-state index contributed by atoms with van der Waals surface area (Å²) in [6, 6.07) is 21.1. The molecule has 1 amide bonds. The molecule has 228 valence electrons. The summed E-state index contributed by atoms with van der Waals surface area (Å²) in [6.45, 7) is 5.66. The maximum absolute atomic E-state index is 14.2. The number of rotatable bonds is 7. The molecule has 46 heavy (non-hydrogen) atoms. The summed E-state index contributed by atoms with van der Waals surface area (Å²) in [5.41, 5.74) is 10.3. The minimum Gasteiger partial charge on any atom is -0.491 e. The Morgan fingerprint density at radius 3 is 2.46 bits per heavy atom. The van der Waals surface area contributed by atoms with Gasteiger partial charge < -0.3 is 15.8 Å². The molecular weight excluding hydrogens is 598 g/mol. The third-order valence-corrected chi connectivity index (χ3v) is 7.65. The second-order valence-corrected chi connectivity index (χ2v) is 11.5. The largest absolute Gasteiger partial charge is 0.491 e. The molecule has 1 atom stereocenters. The van der Waals surface area contributed by atoms with Crippen molar-refractivity contribution in [2.24, 2.45) is 0 Å². The highest BCUT2D eigenvalue weighted by Gasteiger charge is 2.23. The zero-order valence-corrected chi connectivity index (χ0v) is 26.1. The Morgan fingerprint density at radius 1 is 0.957 bits per heavy atom. The molecule has 6 aromatic rings. The number of para-hydroxylation sites is 1. The van der Waals surface area contributed by atoms with E-state index < -0.39 is 11.9 Å². The van der Waals surface area contributed by atoms with Crippen LogP contribution in [-0.2, 0) is 0 Å². The highest BCUT2D eigenvalue weighted by Crippen LogP contribution is 2.24. The molecule has 3 aromatic heterocycles. The summed E-state index contributed by atoms with van der Waals surface area (Å²) >= 11 is 1.42. The van der Waals surface area contributed by atoms with Crippen LogP contribution in [0.1, 0.15) is 53.6 Å². The number of hydrogen-bond acceptors (Lipinski definition) is 9. The molecule has 0 spiro atoms. The van der Waals surface area contributed by atoms with E-state index in [1.807, 2.05) is 68.4 Å². The van der Waals surface area contributed by atoms with E-state index in [1.54, 1.807) is 36.8 Å². The number of fused-ring (bicyclic) bond motifs is 1. The van der Waals surface area contributed by atoms with Crippen molar-refractivity contribution in [2.75, 3.05) is 5.73 Å². The number of anilines is 1. The van der Waals surface area contributed by atoms with Crippen molar-refractivity contribution in [1.82, 2.24) is 29.8 Å². The smallest absolute Gasteiger partial charge is 0.274 e. The van der Waals surface area contributed by atoms with Crippen LogP contribution in [0.25, 0.3) is 27.8 Å². The summed E-state index contributed by atoms with van der Waals surface area (Å²) in [7, 11) is 0. The SMILES string of the molecule is CC(C)Oc1ccc(-c2cnc(N)c(C(=O)N[C@@H](C)c3nc4cccc(C#Cc5cncs5)c4c(=O)n3-c3ccccc3)n2)cc1. The van der Waals surface area contributed by atoms with Gasteiger partial charge in [-0.05, 0) is 75.2 Å². The Kier molecular flexibility index (Phi) is 8.54. The fourth-order valence-electron chi connectivity index (χ4n) is 4.89. The van der Waals surface area contributed by atoms with E-state index in [0.29, 0.717) is 33.7 Å². The van der Waals surface area contributed by atoms with E-state index in [-0.39, 0.29) is 23.2 Å². The molecule has 6 rings (SSSR count). The van der Waals surface area contributed by atoms with E-state index in [0.717, 1.165) is 16.2 Å². The van der Waals surface area contributed by atoms with Gasteiger partial charge in [0, 0.05) is 11.1 Å². The number of nitrogens with two attached hydrogens (primary N) is 1. The van der Waals surface area contributed by atoms with Gasteiger partial charge in [0.1, 0.15) is 11.6 Å². The lowest BCUT2D eigenvalue weighted by molar-refractivity contribution is 0.0933. The molecule has 0 radical (unpaired) electrons. The van der Waals surface area contributed by atoms with Crippen LogP contribution in [0.4, 0.5) is 5.82 Å². The van der Waals surface area contributed by atoms with Gasteiger partial charge in [-0.25, -0.2) is 15.0 Å². The summed E-state index contributed by atoms with van der Waals surface area (Å²) in [6.07, 6.45) is 3.23. The molecule has 10 nitrogen and oxygen atoms in total. The predicted molar refractivity (Wildman–Crippen MR) is 179 cm³/mol. The van der Waals surface area contributed by atoms with Gasteiger partial charge in [-0.15, -0.1) is 11.3 Å². The van der Waals surface area contributed by atoms with Crippen molar-refractivity contribution in [3.05, 3.63) is 123 Å². The zero-order valence-electron chi connectivity index (χ0n) is 25.3. The topological polar surface area (TPSA) is 138 Å². The van der Waals surface area contributed by atoms with Crippen molar-refractivity contribution in [1.29, 1.82) is 0 Å².